The van der Waals surface area contributed by atoms with Crippen molar-refractivity contribution in [3.05, 3.63) is 29.3 Å². The average molecular weight is 331 g/mol. The van der Waals surface area contributed by atoms with E-state index in [4.69, 9.17) is 14.2 Å². The highest BCUT2D eigenvalue weighted by Gasteiger charge is 2.46. The highest BCUT2D eigenvalue weighted by molar-refractivity contribution is 5.95. The molecule has 1 spiro atoms. The van der Waals surface area contributed by atoms with Crippen LogP contribution < -0.4 is 10.1 Å². The van der Waals surface area contributed by atoms with Gasteiger partial charge in [0.15, 0.2) is 0 Å². The number of amides is 1. The fourth-order valence-corrected chi connectivity index (χ4v) is 4.15. The highest BCUT2D eigenvalue weighted by Crippen LogP contribution is 2.37. The lowest BCUT2D eigenvalue weighted by molar-refractivity contribution is -0.0872. The largest absolute Gasteiger partial charge is 0.487 e. The third kappa shape index (κ3) is 2.80. The lowest BCUT2D eigenvalue weighted by Crippen LogP contribution is -2.52. The van der Waals surface area contributed by atoms with Gasteiger partial charge in [0.2, 0.25) is 0 Å². The van der Waals surface area contributed by atoms with Gasteiger partial charge in [-0.3, -0.25) is 4.79 Å². The standard InChI is InChI=1S/C19H25NO4/c1-18(2)12-14-11-13(3-4-15(14)24-18)17(21)20-16-5-8-23-19(16)6-9-22-10-7-19/h3-4,11,16H,5-10,12H2,1-2H3,(H,20,21). The van der Waals surface area contributed by atoms with Crippen LogP contribution in [0.1, 0.15) is 49.0 Å². The summed E-state index contributed by atoms with van der Waals surface area (Å²) in [5, 5.41) is 3.21. The Morgan fingerprint density at radius 2 is 2.00 bits per heavy atom. The monoisotopic (exact) mass is 331 g/mol. The van der Waals surface area contributed by atoms with E-state index in [1.807, 2.05) is 18.2 Å². The molecule has 130 valence electrons. The molecule has 1 atom stereocenters. The first kappa shape index (κ1) is 15.9. The second-order valence-corrected chi connectivity index (χ2v) is 7.70. The van der Waals surface area contributed by atoms with Gasteiger partial charge in [0.05, 0.1) is 11.6 Å². The van der Waals surface area contributed by atoms with Crippen LogP contribution in [0.2, 0.25) is 0 Å². The zero-order valence-electron chi connectivity index (χ0n) is 14.4. The maximum absolute atomic E-state index is 12.7. The molecule has 0 aliphatic carbocycles. The average Bonchev–Trinajstić information content (AvgIpc) is 3.06. The predicted molar refractivity (Wildman–Crippen MR) is 89.5 cm³/mol. The number of carbonyl (C=O) groups is 1. The summed E-state index contributed by atoms with van der Waals surface area (Å²) in [5.74, 6) is 0.866. The fraction of sp³-hybridized carbons (Fsp3) is 0.632. The van der Waals surface area contributed by atoms with Crippen LogP contribution in [0.15, 0.2) is 18.2 Å². The van der Waals surface area contributed by atoms with Gasteiger partial charge in [-0.2, -0.15) is 0 Å². The Morgan fingerprint density at radius 3 is 2.79 bits per heavy atom. The zero-order chi connectivity index (χ0) is 16.8. The molecule has 1 unspecified atom stereocenters. The van der Waals surface area contributed by atoms with Gasteiger partial charge in [-0.05, 0) is 44.0 Å². The van der Waals surface area contributed by atoms with Crippen LogP contribution >= 0.6 is 0 Å². The first-order valence-corrected chi connectivity index (χ1v) is 8.82. The minimum absolute atomic E-state index is 0.0242. The molecule has 24 heavy (non-hydrogen) atoms. The third-order valence-corrected chi connectivity index (χ3v) is 5.40. The summed E-state index contributed by atoms with van der Waals surface area (Å²) in [7, 11) is 0. The van der Waals surface area contributed by atoms with Gasteiger partial charge in [0.25, 0.3) is 5.91 Å². The Kier molecular flexibility index (Phi) is 3.81. The molecule has 3 aliphatic heterocycles. The number of carbonyl (C=O) groups excluding carboxylic acids is 1. The molecule has 2 saturated heterocycles. The molecule has 1 aromatic carbocycles. The minimum atomic E-state index is -0.240. The van der Waals surface area contributed by atoms with Crippen molar-refractivity contribution < 1.29 is 19.0 Å². The molecule has 2 fully saturated rings. The maximum atomic E-state index is 12.7. The van der Waals surface area contributed by atoms with Crippen molar-refractivity contribution in [1.29, 1.82) is 0 Å². The third-order valence-electron chi connectivity index (χ3n) is 5.40. The molecule has 1 aromatic rings. The Bertz CT molecular complexity index is 649. The topological polar surface area (TPSA) is 56.8 Å². The Morgan fingerprint density at radius 1 is 1.21 bits per heavy atom. The van der Waals surface area contributed by atoms with E-state index < -0.39 is 0 Å². The summed E-state index contributed by atoms with van der Waals surface area (Å²) in [6.07, 6.45) is 3.40. The summed E-state index contributed by atoms with van der Waals surface area (Å²) in [6, 6.07) is 5.79. The molecule has 0 aromatic heterocycles. The number of hydrogen-bond donors (Lipinski definition) is 1. The SMILES string of the molecule is CC1(C)Cc2cc(C(=O)NC3CCOC34CCOCC4)ccc2O1. The van der Waals surface area contributed by atoms with Crippen LogP contribution in [0, 0.1) is 0 Å². The van der Waals surface area contributed by atoms with E-state index in [0.29, 0.717) is 25.4 Å². The van der Waals surface area contributed by atoms with Crippen LogP contribution in [-0.4, -0.2) is 43.0 Å². The highest BCUT2D eigenvalue weighted by atomic mass is 16.5. The summed E-state index contributed by atoms with van der Waals surface area (Å²) in [5.41, 5.74) is 1.37. The molecular formula is C19H25NO4. The second-order valence-electron chi connectivity index (χ2n) is 7.70. The lowest BCUT2D eigenvalue weighted by atomic mass is 9.86. The molecule has 3 aliphatic rings. The molecule has 0 radical (unpaired) electrons. The summed E-state index contributed by atoms with van der Waals surface area (Å²) >= 11 is 0. The van der Waals surface area contributed by atoms with Crippen molar-refractivity contribution in [2.75, 3.05) is 19.8 Å². The van der Waals surface area contributed by atoms with Gasteiger partial charge < -0.3 is 19.5 Å². The van der Waals surface area contributed by atoms with Gasteiger partial charge in [-0.25, -0.2) is 0 Å². The van der Waals surface area contributed by atoms with Crippen LogP contribution in [0.5, 0.6) is 5.75 Å². The molecule has 1 N–H and O–H groups in total. The number of rotatable bonds is 2. The van der Waals surface area contributed by atoms with E-state index in [0.717, 1.165) is 37.0 Å². The van der Waals surface area contributed by atoms with E-state index in [9.17, 15) is 4.79 Å². The molecular weight excluding hydrogens is 306 g/mol. The van der Waals surface area contributed by atoms with Crippen molar-refractivity contribution in [3.63, 3.8) is 0 Å². The molecule has 5 nitrogen and oxygen atoms in total. The molecule has 3 heterocycles. The molecule has 0 saturated carbocycles. The van der Waals surface area contributed by atoms with Crippen molar-refractivity contribution in [2.24, 2.45) is 0 Å². The maximum Gasteiger partial charge on any atom is 0.251 e. The van der Waals surface area contributed by atoms with Crippen LogP contribution in [-0.2, 0) is 15.9 Å². The van der Waals surface area contributed by atoms with Crippen molar-refractivity contribution in [2.45, 2.75) is 56.8 Å². The van der Waals surface area contributed by atoms with E-state index in [-0.39, 0.29) is 23.2 Å². The summed E-state index contributed by atoms with van der Waals surface area (Å²) in [4.78, 5) is 12.7. The van der Waals surface area contributed by atoms with Crippen molar-refractivity contribution in [3.8, 4) is 5.75 Å². The lowest BCUT2D eigenvalue weighted by Gasteiger charge is -2.37. The number of benzene rings is 1. The van der Waals surface area contributed by atoms with Crippen LogP contribution in [0.25, 0.3) is 0 Å². The zero-order valence-corrected chi connectivity index (χ0v) is 14.4. The smallest absolute Gasteiger partial charge is 0.251 e. The van der Waals surface area contributed by atoms with Crippen LogP contribution in [0.3, 0.4) is 0 Å². The van der Waals surface area contributed by atoms with E-state index in [1.54, 1.807) is 0 Å². The first-order valence-electron chi connectivity index (χ1n) is 8.82. The van der Waals surface area contributed by atoms with E-state index in [1.165, 1.54) is 0 Å². The molecule has 4 rings (SSSR count). The summed E-state index contributed by atoms with van der Waals surface area (Å²) in [6.45, 7) is 6.25. The molecule has 1 amide bonds. The predicted octanol–water partition coefficient (Wildman–Crippen LogP) is 2.47. The molecule has 5 heteroatoms. The number of fused-ring (bicyclic) bond motifs is 1. The minimum Gasteiger partial charge on any atom is -0.487 e. The normalized spacial score (nSPS) is 26.8. The van der Waals surface area contributed by atoms with Gasteiger partial charge in [0, 0.05) is 44.6 Å². The Balaban J connectivity index is 1.49. The molecule has 0 bridgehead atoms. The van der Waals surface area contributed by atoms with Crippen molar-refractivity contribution in [1.82, 2.24) is 5.32 Å². The second kappa shape index (κ2) is 5.74. The first-order chi connectivity index (χ1) is 11.5. The quantitative estimate of drug-likeness (QED) is 0.904. The Hall–Kier alpha value is -1.59. The van der Waals surface area contributed by atoms with E-state index in [2.05, 4.69) is 19.2 Å². The van der Waals surface area contributed by atoms with Gasteiger partial charge in [-0.15, -0.1) is 0 Å². The van der Waals surface area contributed by atoms with E-state index >= 15 is 0 Å². The number of nitrogens with one attached hydrogen (secondary N) is 1. The van der Waals surface area contributed by atoms with Gasteiger partial charge >= 0.3 is 0 Å². The van der Waals surface area contributed by atoms with Gasteiger partial charge in [0.1, 0.15) is 11.4 Å². The van der Waals surface area contributed by atoms with Crippen molar-refractivity contribution >= 4 is 5.91 Å². The number of ether oxygens (including phenoxy) is 3. The summed E-state index contributed by atoms with van der Waals surface area (Å²) < 4.78 is 17.4. The van der Waals surface area contributed by atoms with Gasteiger partial charge in [-0.1, -0.05) is 0 Å². The number of hydrogen-bond acceptors (Lipinski definition) is 4. The van der Waals surface area contributed by atoms with Crippen LogP contribution in [0.4, 0.5) is 0 Å². The Labute approximate surface area is 142 Å². The fourth-order valence-electron chi connectivity index (χ4n) is 4.15.